The minimum Gasteiger partial charge on any atom is -0.467 e. The lowest BCUT2D eigenvalue weighted by molar-refractivity contribution is 0.00284. The molecule has 5 nitrogen and oxygen atoms in total. The lowest BCUT2D eigenvalue weighted by Gasteiger charge is -2.53. The summed E-state index contributed by atoms with van der Waals surface area (Å²) in [5.41, 5.74) is 1.60. The summed E-state index contributed by atoms with van der Waals surface area (Å²) in [6.07, 6.45) is 0.442. The monoisotopic (exact) mass is 438 g/mol. The van der Waals surface area contributed by atoms with Crippen molar-refractivity contribution in [1.82, 2.24) is 4.90 Å². The number of imide groups is 1. The molecule has 2 aromatic carbocycles. The molecule has 3 heterocycles. The number of rotatable bonds is 2. The summed E-state index contributed by atoms with van der Waals surface area (Å²) in [6.45, 7) is 3.88. The van der Waals surface area contributed by atoms with E-state index in [-0.39, 0.29) is 5.91 Å². The molecule has 2 bridgehead atoms. The number of urea groups is 1. The molecule has 2 atom stereocenters. The van der Waals surface area contributed by atoms with E-state index < -0.39 is 17.8 Å². The van der Waals surface area contributed by atoms with Crippen LogP contribution >= 0.6 is 22.9 Å². The van der Waals surface area contributed by atoms with Crippen molar-refractivity contribution in [2.45, 2.75) is 32.0 Å². The van der Waals surface area contributed by atoms with Crippen molar-refractivity contribution in [3.63, 3.8) is 0 Å². The number of aryl methyl sites for hydroxylation is 1. The normalized spacial score (nSPS) is 22.5. The first kappa shape index (κ1) is 19.2. The van der Waals surface area contributed by atoms with E-state index in [0.29, 0.717) is 27.8 Å². The summed E-state index contributed by atoms with van der Waals surface area (Å²) in [5.74, 6) is 0.318. The lowest BCUT2D eigenvalue weighted by atomic mass is 9.88. The fraction of sp³-hybridized carbons (Fsp3) is 0.217. The van der Waals surface area contributed by atoms with Crippen molar-refractivity contribution in [2.24, 2.45) is 0 Å². The molecule has 0 radical (unpaired) electrons. The number of ether oxygens (including phenoxy) is 1. The highest BCUT2D eigenvalue weighted by molar-refractivity contribution is 7.12. The molecule has 3 aromatic rings. The number of hydrogen-bond donors (Lipinski definition) is 0. The summed E-state index contributed by atoms with van der Waals surface area (Å²) in [5, 5.41) is 2.37. The minimum atomic E-state index is -0.927. The Morgan fingerprint density at radius 3 is 2.67 bits per heavy atom. The topological polar surface area (TPSA) is 49.9 Å². The average molecular weight is 439 g/mol. The van der Waals surface area contributed by atoms with Gasteiger partial charge in [0.05, 0.1) is 10.9 Å². The number of fused-ring (bicyclic) bond motifs is 4. The Balaban J connectivity index is 1.69. The van der Waals surface area contributed by atoms with Gasteiger partial charge < -0.3 is 4.74 Å². The van der Waals surface area contributed by atoms with Gasteiger partial charge in [0, 0.05) is 22.7 Å². The van der Waals surface area contributed by atoms with Crippen LogP contribution in [0.2, 0.25) is 5.02 Å². The number of carbonyl (C=O) groups excluding carboxylic acids is 2. The van der Waals surface area contributed by atoms with Crippen molar-refractivity contribution < 1.29 is 14.3 Å². The summed E-state index contributed by atoms with van der Waals surface area (Å²) in [6, 6.07) is 15.7. The fourth-order valence-electron chi connectivity index (χ4n) is 4.26. The van der Waals surface area contributed by atoms with E-state index >= 15 is 0 Å². The SMILES string of the molecule is Cc1ccc(N2C(=O)N(C(=O)c3cccs3)[C@@H]3C[C@]2(C)Oc2ccc(Cl)cc23)cc1. The maximum absolute atomic E-state index is 13.8. The number of hydrogen-bond acceptors (Lipinski definition) is 4. The lowest BCUT2D eigenvalue weighted by Crippen LogP contribution is -2.67. The van der Waals surface area contributed by atoms with Crippen LogP contribution in [0.15, 0.2) is 60.0 Å². The molecule has 0 spiro atoms. The van der Waals surface area contributed by atoms with Crippen LogP contribution in [0, 0.1) is 6.92 Å². The van der Waals surface area contributed by atoms with E-state index in [9.17, 15) is 9.59 Å². The maximum atomic E-state index is 13.8. The molecule has 152 valence electrons. The Hall–Kier alpha value is -2.83. The van der Waals surface area contributed by atoms with Crippen LogP contribution in [-0.4, -0.2) is 22.6 Å². The number of halogens is 1. The highest BCUT2D eigenvalue weighted by Crippen LogP contribution is 2.50. The molecule has 2 aliphatic rings. The van der Waals surface area contributed by atoms with Gasteiger partial charge in [0.1, 0.15) is 5.75 Å². The minimum absolute atomic E-state index is 0.313. The molecule has 3 amide bonds. The van der Waals surface area contributed by atoms with E-state index in [2.05, 4.69) is 0 Å². The molecule has 30 heavy (non-hydrogen) atoms. The van der Waals surface area contributed by atoms with Crippen LogP contribution < -0.4 is 9.64 Å². The molecule has 1 aromatic heterocycles. The zero-order chi connectivity index (χ0) is 21.0. The summed E-state index contributed by atoms with van der Waals surface area (Å²) in [4.78, 5) is 30.7. The van der Waals surface area contributed by atoms with Crippen molar-refractivity contribution in [3.8, 4) is 5.75 Å². The average Bonchev–Trinajstić information content (AvgIpc) is 3.24. The number of carbonyl (C=O) groups is 2. The molecular weight excluding hydrogens is 420 g/mol. The predicted octanol–water partition coefficient (Wildman–Crippen LogP) is 6.03. The molecule has 2 aliphatic heterocycles. The van der Waals surface area contributed by atoms with Gasteiger partial charge in [-0.2, -0.15) is 0 Å². The molecule has 1 saturated heterocycles. The van der Waals surface area contributed by atoms with Crippen LogP contribution in [0.4, 0.5) is 10.5 Å². The van der Waals surface area contributed by atoms with E-state index in [1.807, 2.05) is 49.6 Å². The molecule has 0 saturated carbocycles. The zero-order valence-electron chi connectivity index (χ0n) is 16.5. The molecule has 1 fully saturated rings. The number of benzene rings is 2. The molecule has 7 heteroatoms. The van der Waals surface area contributed by atoms with Crippen LogP contribution in [0.3, 0.4) is 0 Å². The Morgan fingerprint density at radius 2 is 1.97 bits per heavy atom. The second-order valence-electron chi connectivity index (χ2n) is 7.79. The first-order valence-corrected chi connectivity index (χ1v) is 10.9. The third-order valence-electron chi connectivity index (χ3n) is 5.66. The summed E-state index contributed by atoms with van der Waals surface area (Å²) in [7, 11) is 0. The zero-order valence-corrected chi connectivity index (χ0v) is 18.0. The number of amides is 3. The summed E-state index contributed by atoms with van der Waals surface area (Å²) >= 11 is 7.56. The van der Waals surface area contributed by atoms with Crippen molar-refractivity contribution in [2.75, 3.05) is 4.90 Å². The van der Waals surface area contributed by atoms with Gasteiger partial charge in [-0.05, 0) is 55.6 Å². The van der Waals surface area contributed by atoms with Crippen molar-refractivity contribution in [1.29, 1.82) is 0 Å². The van der Waals surface area contributed by atoms with Crippen LogP contribution in [-0.2, 0) is 0 Å². The smallest absolute Gasteiger partial charge is 0.335 e. The van der Waals surface area contributed by atoms with Gasteiger partial charge in [0.25, 0.3) is 5.91 Å². The maximum Gasteiger partial charge on any atom is 0.335 e. The van der Waals surface area contributed by atoms with E-state index in [1.165, 1.54) is 16.2 Å². The van der Waals surface area contributed by atoms with Gasteiger partial charge in [-0.15, -0.1) is 11.3 Å². The van der Waals surface area contributed by atoms with E-state index in [1.54, 1.807) is 29.2 Å². The standard InChI is InChI=1S/C23H19ClN2O3S/c1-14-5-8-16(9-6-14)26-22(28)25(21(27)20-4-3-11-30-20)18-13-23(26,2)29-19-10-7-15(24)12-17(18)19/h3-12,18H,13H2,1-2H3/t18-,23+/m1/s1. The van der Waals surface area contributed by atoms with Crippen molar-refractivity contribution >= 4 is 40.6 Å². The molecule has 0 N–H and O–H groups in total. The molecule has 5 rings (SSSR count). The van der Waals surface area contributed by atoms with Gasteiger partial charge in [-0.1, -0.05) is 35.4 Å². The first-order valence-electron chi connectivity index (χ1n) is 9.64. The molecule has 0 aliphatic carbocycles. The first-order chi connectivity index (χ1) is 14.4. The van der Waals surface area contributed by atoms with Gasteiger partial charge in [0.15, 0.2) is 5.72 Å². The predicted molar refractivity (Wildman–Crippen MR) is 117 cm³/mol. The van der Waals surface area contributed by atoms with Crippen LogP contribution in [0.5, 0.6) is 5.75 Å². The van der Waals surface area contributed by atoms with Gasteiger partial charge >= 0.3 is 6.03 Å². The number of nitrogens with zero attached hydrogens (tertiary/aromatic N) is 2. The van der Waals surface area contributed by atoms with Gasteiger partial charge in [-0.25, -0.2) is 4.79 Å². The van der Waals surface area contributed by atoms with Crippen LogP contribution in [0.25, 0.3) is 0 Å². The Kier molecular flexibility index (Phi) is 4.38. The highest BCUT2D eigenvalue weighted by atomic mass is 35.5. The Labute approximate surface area is 183 Å². The van der Waals surface area contributed by atoms with Crippen molar-refractivity contribution in [3.05, 3.63) is 81.0 Å². The van der Waals surface area contributed by atoms with E-state index in [0.717, 1.165) is 11.1 Å². The fourth-order valence-corrected chi connectivity index (χ4v) is 5.10. The summed E-state index contributed by atoms with van der Waals surface area (Å²) < 4.78 is 6.34. The third kappa shape index (κ3) is 2.90. The van der Waals surface area contributed by atoms with Gasteiger partial charge in [-0.3, -0.25) is 14.6 Å². The van der Waals surface area contributed by atoms with Crippen LogP contribution in [0.1, 0.15) is 40.2 Å². The van der Waals surface area contributed by atoms with E-state index in [4.69, 9.17) is 16.3 Å². The Bertz CT molecular complexity index is 1150. The second kappa shape index (κ2) is 6.86. The number of thiophene rings is 1. The number of anilines is 1. The largest absolute Gasteiger partial charge is 0.467 e. The second-order valence-corrected chi connectivity index (χ2v) is 9.17. The van der Waals surface area contributed by atoms with Gasteiger partial charge in [0.2, 0.25) is 0 Å². The third-order valence-corrected chi connectivity index (χ3v) is 6.75. The highest BCUT2D eigenvalue weighted by Gasteiger charge is 2.55. The molecular formula is C23H19ClN2O3S. The molecule has 0 unspecified atom stereocenters. The quantitative estimate of drug-likeness (QED) is 0.490. The Morgan fingerprint density at radius 1 is 1.20 bits per heavy atom.